The molecule has 0 saturated carbocycles. The lowest BCUT2D eigenvalue weighted by Gasteiger charge is -2.40. The molecule has 0 bridgehead atoms. The molecule has 1 fully saturated rings. The van der Waals surface area contributed by atoms with Crippen LogP contribution < -0.4 is 4.90 Å². The Balaban J connectivity index is 0.00000497. The van der Waals surface area contributed by atoms with Gasteiger partial charge >= 0.3 is 5.97 Å². The number of carbonyl (C=O) groups is 3. The van der Waals surface area contributed by atoms with E-state index in [-0.39, 0.29) is 41.5 Å². The highest BCUT2D eigenvalue weighted by molar-refractivity contribution is 6.31. The highest BCUT2D eigenvalue weighted by Gasteiger charge is 2.34. The molecule has 2 aliphatic heterocycles. The SMILES string of the molecule is COC(=O)c1ccnc(N(C(=O)c2cc(-c3cc(Cl)ccc3C(=O)N3Cc4ccccc4C[C@H]3CN3CCOCC3)n(C)c2C)c2ccc(O)cc2)c1.Cl. The minimum atomic E-state index is -0.576. The van der Waals surface area contributed by atoms with Gasteiger partial charge in [0, 0.05) is 73.0 Å². The number of rotatable bonds is 8. The number of aromatic hydroxyl groups is 1. The Labute approximate surface area is 325 Å². The van der Waals surface area contributed by atoms with E-state index in [1.54, 1.807) is 36.4 Å². The van der Waals surface area contributed by atoms with Crippen molar-refractivity contribution in [2.75, 3.05) is 44.9 Å². The molecular weight excluding hydrogens is 729 g/mol. The normalized spacial score (nSPS) is 15.6. The molecule has 1 atom stereocenters. The minimum absolute atomic E-state index is 0. The van der Waals surface area contributed by atoms with Gasteiger partial charge in [0.05, 0.1) is 37.1 Å². The maximum Gasteiger partial charge on any atom is 0.338 e. The summed E-state index contributed by atoms with van der Waals surface area (Å²) in [6, 6.07) is 24.3. The van der Waals surface area contributed by atoms with Crippen molar-refractivity contribution in [3.63, 3.8) is 0 Å². The summed E-state index contributed by atoms with van der Waals surface area (Å²) in [4.78, 5) is 52.1. The van der Waals surface area contributed by atoms with E-state index >= 15 is 0 Å². The summed E-state index contributed by atoms with van der Waals surface area (Å²) < 4.78 is 12.4. The lowest BCUT2D eigenvalue weighted by atomic mass is 9.92. The van der Waals surface area contributed by atoms with Crippen LogP contribution in [0.4, 0.5) is 11.5 Å². The highest BCUT2D eigenvalue weighted by Crippen LogP contribution is 2.36. The van der Waals surface area contributed by atoms with Gasteiger partial charge in [-0.2, -0.15) is 0 Å². The molecule has 0 unspecified atom stereocenters. The van der Waals surface area contributed by atoms with Gasteiger partial charge in [-0.05, 0) is 85.1 Å². The van der Waals surface area contributed by atoms with E-state index in [4.69, 9.17) is 21.1 Å². The van der Waals surface area contributed by atoms with Crippen molar-refractivity contribution < 1.29 is 29.0 Å². The van der Waals surface area contributed by atoms with Crippen molar-refractivity contribution in [1.82, 2.24) is 19.4 Å². The number of pyridine rings is 1. The van der Waals surface area contributed by atoms with Crippen LogP contribution in [0.15, 0.2) is 91.1 Å². The third kappa shape index (κ3) is 7.72. The molecule has 0 aliphatic carbocycles. The number of carbonyl (C=O) groups excluding carboxylic acids is 3. The summed E-state index contributed by atoms with van der Waals surface area (Å²) in [5.74, 6) is -0.919. The van der Waals surface area contributed by atoms with E-state index < -0.39 is 11.9 Å². The number of esters is 1. The van der Waals surface area contributed by atoms with E-state index in [9.17, 15) is 19.5 Å². The van der Waals surface area contributed by atoms with Gasteiger partial charge < -0.3 is 24.0 Å². The van der Waals surface area contributed by atoms with Crippen molar-refractivity contribution >= 4 is 53.3 Å². The predicted molar refractivity (Wildman–Crippen MR) is 209 cm³/mol. The van der Waals surface area contributed by atoms with Crippen molar-refractivity contribution in [3.8, 4) is 17.0 Å². The monoisotopic (exact) mass is 769 g/mol. The molecule has 1 saturated heterocycles. The Morgan fingerprint density at radius 3 is 2.41 bits per heavy atom. The average molecular weight is 771 g/mol. The summed E-state index contributed by atoms with van der Waals surface area (Å²) in [5.41, 5.74) is 5.68. The molecule has 7 rings (SSSR count). The number of phenols is 1. The van der Waals surface area contributed by atoms with Crippen molar-refractivity contribution in [3.05, 3.63) is 130 Å². The Morgan fingerprint density at radius 2 is 1.69 bits per heavy atom. The summed E-state index contributed by atoms with van der Waals surface area (Å²) in [6.45, 7) is 6.00. The van der Waals surface area contributed by atoms with Crippen molar-refractivity contribution in [2.45, 2.75) is 25.9 Å². The Bertz CT molecular complexity index is 2180. The van der Waals surface area contributed by atoms with Crippen LogP contribution in [0, 0.1) is 6.92 Å². The van der Waals surface area contributed by atoms with Gasteiger partial charge in [0.25, 0.3) is 11.8 Å². The van der Waals surface area contributed by atoms with Gasteiger partial charge in [-0.15, -0.1) is 12.4 Å². The van der Waals surface area contributed by atoms with Crippen LogP contribution in [0.1, 0.15) is 47.9 Å². The van der Waals surface area contributed by atoms with Gasteiger partial charge in [0.2, 0.25) is 0 Å². The Kier molecular flexibility index (Phi) is 11.7. The zero-order valence-corrected chi connectivity index (χ0v) is 31.8. The number of nitrogens with zero attached hydrogens (tertiary/aromatic N) is 5. The molecule has 1 N–H and O–H groups in total. The molecule has 3 aromatic carbocycles. The van der Waals surface area contributed by atoms with Crippen molar-refractivity contribution in [2.24, 2.45) is 7.05 Å². The molecule has 5 aromatic rings. The van der Waals surface area contributed by atoms with Gasteiger partial charge in [0.15, 0.2) is 0 Å². The third-order valence-corrected chi connectivity index (χ3v) is 10.4. The number of methoxy groups -OCH3 is 1. The summed E-state index contributed by atoms with van der Waals surface area (Å²) >= 11 is 6.62. The number of benzene rings is 3. The number of hydrogen-bond donors (Lipinski definition) is 1. The highest BCUT2D eigenvalue weighted by atomic mass is 35.5. The van der Waals surface area contributed by atoms with Crippen LogP contribution in [0.5, 0.6) is 5.75 Å². The minimum Gasteiger partial charge on any atom is -0.508 e. The lowest BCUT2D eigenvalue weighted by molar-refractivity contribution is 0.0193. The smallest absolute Gasteiger partial charge is 0.338 e. The number of morpholine rings is 1. The average Bonchev–Trinajstić information content (AvgIpc) is 3.48. The molecule has 2 aliphatic rings. The topological polar surface area (TPSA) is 117 Å². The van der Waals surface area contributed by atoms with Gasteiger partial charge in [-0.1, -0.05) is 35.9 Å². The number of anilines is 2. The van der Waals surface area contributed by atoms with E-state index in [2.05, 4.69) is 22.0 Å². The number of phenolic OH excluding ortho intramolecular Hbond substituents is 1. The second-order valence-electron chi connectivity index (χ2n) is 13.3. The van der Waals surface area contributed by atoms with Crippen LogP contribution in [-0.4, -0.2) is 88.2 Å². The van der Waals surface area contributed by atoms with Gasteiger partial charge in [-0.25, -0.2) is 9.78 Å². The fourth-order valence-corrected chi connectivity index (χ4v) is 7.35. The first-order chi connectivity index (χ1) is 25.6. The number of amides is 2. The molecule has 280 valence electrons. The summed E-state index contributed by atoms with van der Waals surface area (Å²) in [6.07, 6.45) is 2.17. The van der Waals surface area contributed by atoms with Crippen LogP contribution in [0.3, 0.4) is 0 Å². The largest absolute Gasteiger partial charge is 0.508 e. The Hall–Kier alpha value is -5.20. The lowest BCUT2D eigenvalue weighted by Crippen LogP contribution is -2.52. The predicted octanol–water partition coefficient (Wildman–Crippen LogP) is 6.84. The quantitative estimate of drug-likeness (QED) is 0.171. The number of aromatic nitrogens is 2. The first-order valence-corrected chi connectivity index (χ1v) is 17.8. The van der Waals surface area contributed by atoms with Crippen LogP contribution >= 0.6 is 24.0 Å². The molecule has 0 spiro atoms. The second-order valence-corrected chi connectivity index (χ2v) is 13.7. The number of hydrogen-bond acceptors (Lipinski definition) is 8. The third-order valence-electron chi connectivity index (χ3n) is 10.1. The Morgan fingerprint density at radius 1 is 0.963 bits per heavy atom. The standard InChI is InChI=1S/C41H40ClN5O6.ClH/c1-26-35(40(50)47(31-9-11-33(48)12-10-31)38-21-28(14-15-43-38)41(51)52-3)23-37(44(26)2)36-22-30(42)8-13-34(36)39(49)46-24-29-7-5-4-6-27(29)20-32(46)25-45-16-18-53-19-17-45;/h4-15,21-23,32,48H,16-20,24-25H2,1-3H3;1H/t32-;/m0./s1. The molecule has 4 heterocycles. The van der Waals surface area contributed by atoms with Crippen molar-refractivity contribution in [1.29, 1.82) is 0 Å². The van der Waals surface area contributed by atoms with E-state index in [0.717, 1.165) is 31.6 Å². The first kappa shape index (κ1) is 38.5. The van der Waals surface area contributed by atoms with E-state index in [1.807, 2.05) is 35.6 Å². The van der Waals surface area contributed by atoms with Gasteiger partial charge in [0.1, 0.15) is 11.6 Å². The zero-order chi connectivity index (χ0) is 37.2. The van der Waals surface area contributed by atoms with Gasteiger partial charge in [-0.3, -0.25) is 19.4 Å². The number of halogens is 2. The molecular formula is C41H41Cl2N5O6. The summed E-state index contributed by atoms with van der Waals surface area (Å²) in [5, 5.41) is 10.5. The first-order valence-electron chi connectivity index (χ1n) is 17.4. The van der Waals surface area contributed by atoms with E-state index in [0.29, 0.717) is 58.5 Å². The van der Waals surface area contributed by atoms with Crippen LogP contribution in [-0.2, 0) is 29.5 Å². The second kappa shape index (κ2) is 16.4. The fraction of sp³-hybridized carbons (Fsp3) is 0.268. The molecule has 2 aromatic heterocycles. The maximum atomic E-state index is 14.8. The van der Waals surface area contributed by atoms with Crippen LogP contribution in [0.25, 0.3) is 11.3 Å². The molecule has 11 nitrogen and oxygen atoms in total. The van der Waals surface area contributed by atoms with E-state index in [1.165, 1.54) is 48.0 Å². The summed E-state index contributed by atoms with van der Waals surface area (Å²) in [7, 11) is 3.12. The number of ether oxygens (including phenoxy) is 2. The van der Waals surface area contributed by atoms with Crippen LogP contribution in [0.2, 0.25) is 5.02 Å². The molecule has 2 amide bonds. The molecule has 0 radical (unpaired) electrons. The molecule has 13 heteroatoms. The number of fused-ring (bicyclic) bond motifs is 1. The fourth-order valence-electron chi connectivity index (χ4n) is 7.18. The molecule has 54 heavy (non-hydrogen) atoms. The zero-order valence-electron chi connectivity index (χ0n) is 30.2. The maximum absolute atomic E-state index is 14.8.